The molecule has 0 aliphatic carbocycles. The van der Waals surface area contributed by atoms with Gasteiger partial charge in [-0.25, -0.2) is 0 Å². The van der Waals surface area contributed by atoms with Crippen molar-refractivity contribution >= 4 is 23.6 Å². The zero-order valence-corrected chi connectivity index (χ0v) is 12.5. The van der Waals surface area contributed by atoms with E-state index in [9.17, 15) is 9.90 Å². The van der Waals surface area contributed by atoms with Crippen LogP contribution in [0.5, 0.6) is 5.75 Å². The molecular weight excluding hydrogens is 290 g/mol. The van der Waals surface area contributed by atoms with Crippen LogP contribution in [0.2, 0.25) is 5.02 Å². The Hall–Kier alpha value is -1.52. The molecule has 1 atom stereocenters. The number of aliphatic hydroxyl groups is 1. The maximum atomic E-state index is 12.6. The van der Waals surface area contributed by atoms with Crippen molar-refractivity contribution in [2.75, 3.05) is 26.3 Å². The molecule has 112 valence electrons. The van der Waals surface area contributed by atoms with E-state index in [-0.39, 0.29) is 25.0 Å². The van der Waals surface area contributed by atoms with E-state index < -0.39 is 0 Å². The molecule has 1 amide bonds. The van der Waals surface area contributed by atoms with E-state index in [1.807, 2.05) is 17.0 Å². The van der Waals surface area contributed by atoms with Crippen LogP contribution >= 0.6 is 11.6 Å². The monoisotopic (exact) mass is 307 g/mol. The number of benzene rings is 1. The smallest absolute Gasteiger partial charge is 0.253 e. The first-order valence-corrected chi connectivity index (χ1v) is 7.58. The predicted molar refractivity (Wildman–Crippen MR) is 81.3 cm³/mol. The van der Waals surface area contributed by atoms with Crippen molar-refractivity contribution in [3.63, 3.8) is 0 Å². The average molecular weight is 308 g/mol. The molecule has 3 rings (SSSR count). The molecule has 0 radical (unpaired) electrons. The minimum Gasteiger partial charge on any atom is -0.488 e. The van der Waals surface area contributed by atoms with Crippen molar-refractivity contribution in [3.8, 4) is 5.75 Å². The molecular formula is C16H18ClNO3. The van der Waals surface area contributed by atoms with Gasteiger partial charge in [-0.1, -0.05) is 11.6 Å². The van der Waals surface area contributed by atoms with E-state index in [2.05, 4.69) is 0 Å². The molecule has 0 spiro atoms. The average Bonchev–Trinajstić information content (AvgIpc) is 2.53. The van der Waals surface area contributed by atoms with E-state index in [1.54, 1.807) is 12.1 Å². The van der Waals surface area contributed by atoms with Crippen molar-refractivity contribution < 1.29 is 14.6 Å². The summed E-state index contributed by atoms with van der Waals surface area (Å²) in [6, 6.07) is 5.39. The second-order valence-corrected chi connectivity index (χ2v) is 6.02. The first-order chi connectivity index (χ1) is 10.2. The number of carbonyl (C=O) groups excluding carboxylic acids is 1. The number of fused-ring (bicyclic) bond motifs is 1. The van der Waals surface area contributed by atoms with Gasteiger partial charge in [0.25, 0.3) is 5.91 Å². The van der Waals surface area contributed by atoms with E-state index in [0.29, 0.717) is 17.1 Å². The number of nitrogens with zero attached hydrogens (tertiary/aromatic N) is 1. The lowest BCUT2D eigenvalue weighted by molar-refractivity contribution is -0.129. The number of aliphatic hydroxyl groups excluding tert-OH is 1. The molecule has 1 saturated heterocycles. The van der Waals surface area contributed by atoms with Gasteiger partial charge in [-0.05, 0) is 43.0 Å². The Labute approximate surface area is 129 Å². The molecule has 1 aromatic carbocycles. The fourth-order valence-corrected chi connectivity index (χ4v) is 3.05. The Morgan fingerprint density at radius 1 is 1.48 bits per heavy atom. The highest BCUT2D eigenvalue weighted by Gasteiger charge is 2.27. The minimum atomic E-state index is -0.00113. The summed E-state index contributed by atoms with van der Waals surface area (Å²) in [6.07, 6.45) is 3.78. The summed E-state index contributed by atoms with van der Waals surface area (Å²) in [5.41, 5.74) is 1.48. The summed E-state index contributed by atoms with van der Waals surface area (Å²) in [5, 5.41) is 9.90. The van der Waals surface area contributed by atoms with Gasteiger partial charge in [0, 0.05) is 30.3 Å². The van der Waals surface area contributed by atoms with Gasteiger partial charge in [0.2, 0.25) is 0 Å². The molecule has 0 saturated carbocycles. The van der Waals surface area contributed by atoms with E-state index in [1.165, 1.54) is 0 Å². The summed E-state index contributed by atoms with van der Waals surface area (Å²) in [6.45, 7) is 1.79. The van der Waals surface area contributed by atoms with Crippen molar-refractivity contribution in [1.82, 2.24) is 4.90 Å². The van der Waals surface area contributed by atoms with E-state index >= 15 is 0 Å². The lowest BCUT2D eigenvalue weighted by Crippen LogP contribution is -2.42. The molecule has 4 nitrogen and oxygen atoms in total. The zero-order valence-electron chi connectivity index (χ0n) is 11.7. The number of rotatable bonds is 2. The molecule has 0 bridgehead atoms. The van der Waals surface area contributed by atoms with Crippen molar-refractivity contribution in [2.45, 2.75) is 12.8 Å². The number of hydrogen-bond acceptors (Lipinski definition) is 3. The van der Waals surface area contributed by atoms with Crippen molar-refractivity contribution in [2.24, 2.45) is 5.92 Å². The number of halogens is 1. The quantitative estimate of drug-likeness (QED) is 0.912. The topological polar surface area (TPSA) is 49.8 Å². The van der Waals surface area contributed by atoms with Crippen LogP contribution in [0, 0.1) is 5.92 Å². The van der Waals surface area contributed by atoms with Crippen molar-refractivity contribution in [1.29, 1.82) is 0 Å². The normalized spacial score (nSPS) is 21.3. The van der Waals surface area contributed by atoms with Crippen molar-refractivity contribution in [3.05, 3.63) is 34.4 Å². The van der Waals surface area contributed by atoms with Gasteiger partial charge in [-0.3, -0.25) is 4.79 Å². The number of carbonyl (C=O) groups is 1. The molecule has 0 aromatic heterocycles. The van der Waals surface area contributed by atoms with Gasteiger partial charge in [-0.15, -0.1) is 0 Å². The maximum Gasteiger partial charge on any atom is 0.253 e. The molecule has 1 fully saturated rings. The number of hydrogen-bond donors (Lipinski definition) is 1. The number of amides is 1. The highest BCUT2D eigenvalue weighted by molar-refractivity contribution is 6.30. The first-order valence-electron chi connectivity index (χ1n) is 7.20. The van der Waals surface area contributed by atoms with Crippen LogP contribution in [0.25, 0.3) is 6.08 Å². The third-order valence-corrected chi connectivity index (χ3v) is 4.26. The largest absolute Gasteiger partial charge is 0.488 e. The molecule has 1 unspecified atom stereocenters. The third kappa shape index (κ3) is 3.06. The highest BCUT2D eigenvalue weighted by atomic mass is 35.5. The first kappa shape index (κ1) is 14.4. The summed E-state index contributed by atoms with van der Waals surface area (Å²) < 4.78 is 5.63. The number of likely N-dealkylation sites (tertiary alicyclic amines) is 1. The molecule has 2 aliphatic rings. The fourth-order valence-electron chi connectivity index (χ4n) is 2.87. The van der Waals surface area contributed by atoms with Gasteiger partial charge < -0.3 is 14.7 Å². The molecule has 2 aliphatic heterocycles. The molecule has 1 N–H and O–H groups in total. The highest BCUT2D eigenvalue weighted by Crippen LogP contribution is 2.30. The third-order valence-electron chi connectivity index (χ3n) is 4.02. The van der Waals surface area contributed by atoms with E-state index in [4.69, 9.17) is 16.3 Å². The van der Waals surface area contributed by atoms with Crippen LogP contribution in [-0.2, 0) is 4.79 Å². The second-order valence-electron chi connectivity index (χ2n) is 5.58. The number of piperidine rings is 1. The lowest BCUT2D eigenvalue weighted by Gasteiger charge is -2.33. The Morgan fingerprint density at radius 2 is 2.33 bits per heavy atom. The zero-order chi connectivity index (χ0) is 14.8. The Bertz CT molecular complexity index is 585. The molecule has 2 heterocycles. The Morgan fingerprint density at radius 3 is 3.14 bits per heavy atom. The van der Waals surface area contributed by atoms with Crippen LogP contribution in [0.4, 0.5) is 0 Å². The standard InChI is InChI=1S/C16H18ClNO3/c17-14-3-4-15-12(7-14)6-13(10-21-15)16(20)18-5-1-2-11(8-18)9-19/h3-4,6-7,11,19H,1-2,5,8-10H2. The Balaban J connectivity index is 1.79. The summed E-state index contributed by atoms with van der Waals surface area (Å²) in [4.78, 5) is 14.4. The summed E-state index contributed by atoms with van der Waals surface area (Å²) in [7, 11) is 0. The summed E-state index contributed by atoms with van der Waals surface area (Å²) >= 11 is 5.98. The summed E-state index contributed by atoms with van der Waals surface area (Å²) in [5.74, 6) is 0.941. The second kappa shape index (κ2) is 6.08. The van der Waals surface area contributed by atoms with Crippen LogP contribution in [0.15, 0.2) is 23.8 Å². The number of ether oxygens (including phenoxy) is 1. The lowest BCUT2D eigenvalue weighted by atomic mass is 9.98. The van der Waals surface area contributed by atoms with Gasteiger partial charge >= 0.3 is 0 Å². The molecule has 1 aromatic rings. The van der Waals surface area contributed by atoms with E-state index in [0.717, 1.165) is 30.7 Å². The van der Waals surface area contributed by atoms with Gasteiger partial charge in [0.15, 0.2) is 0 Å². The Kier molecular flexibility index (Phi) is 4.17. The van der Waals surface area contributed by atoms with Crippen LogP contribution in [-0.4, -0.2) is 42.2 Å². The van der Waals surface area contributed by atoms with Crippen LogP contribution < -0.4 is 4.74 Å². The molecule has 5 heteroatoms. The fraction of sp³-hybridized carbons (Fsp3) is 0.438. The predicted octanol–water partition coefficient (Wildman–Crippen LogP) is 2.35. The SMILES string of the molecule is O=C(C1=Cc2cc(Cl)ccc2OC1)N1CCCC(CO)C1. The van der Waals surface area contributed by atoms with Crippen LogP contribution in [0.1, 0.15) is 18.4 Å². The van der Waals surface area contributed by atoms with Gasteiger partial charge in [-0.2, -0.15) is 0 Å². The van der Waals surface area contributed by atoms with Gasteiger partial charge in [0.1, 0.15) is 12.4 Å². The van der Waals surface area contributed by atoms with Gasteiger partial charge in [0.05, 0.1) is 5.57 Å². The molecule has 21 heavy (non-hydrogen) atoms. The minimum absolute atomic E-state index is 0.00113. The van der Waals surface area contributed by atoms with Crippen LogP contribution in [0.3, 0.4) is 0 Å². The maximum absolute atomic E-state index is 12.6.